The largest absolute Gasteiger partial charge is 0.394 e. The summed E-state index contributed by atoms with van der Waals surface area (Å²) in [6.45, 7) is 5.90. The molecule has 2 aromatic rings. The number of aromatic nitrogens is 3. The standard InChI is InChI=1S/C16H21FN4O2/c1-16(2,3)7-12(8-22)20-15(23)11-4-5-14(13(17)6-11)21-10-18-9-19-21/h4-6,9-10,12,22H,7-8H2,1-3H3,(H,20,23). The quantitative estimate of drug-likeness (QED) is 0.882. The minimum Gasteiger partial charge on any atom is -0.394 e. The van der Waals surface area contributed by atoms with Gasteiger partial charge in [0.2, 0.25) is 0 Å². The molecule has 6 nitrogen and oxygen atoms in total. The van der Waals surface area contributed by atoms with E-state index in [1.165, 1.54) is 29.5 Å². The van der Waals surface area contributed by atoms with Crippen molar-refractivity contribution in [2.24, 2.45) is 5.41 Å². The molecule has 0 bridgehead atoms. The van der Waals surface area contributed by atoms with Gasteiger partial charge in [0.1, 0.15) is 24.2 Å². The fourth-order valence-electron chi connectivity index (χ4n) is 2.34. The molecule has 7 heteroatoms. The van der Waals surface area contributed by atoms with Gasteiger partial charge in [-0.1, -0.05) is 20.8 Å². The summed E-state index contributed by atoms with van der Waals surface area (Å²) in [7, 11) is 0. The van der Waals surface area contributed by atoms with Crippen LogP contribution in [-0.2, 0) is 0 Å². The van der Waals surface area contributed by atoms with E-state index in [0.29, 0.717) is 6.42 Å². The lowest BCUT2D eigenvalue weighted by Crippen LogP contribution is -2.40. The lowest BCUT2D eigenvalue weighted by molar-refractivity contribution is 0.0897. The van der Waals surface area contributed by atoms with E-state index in [2.05, 4.69) is 15.4 Å². The number of hydrogen-bond acceptors (Lipinski definition) is 4. The van der Waals surface area contributed by atoms with Gasteiger partial charge in [0, 0.05) is 5.56 Å². The molecule has 0 saturated heterocycles. The predicted octanol–water partition coefficient (Wildman–Crippen LogP) is 1.93. The number of amides is 1. The summed E-state index contributed by atoms with van der Waals surface area (Å²) in [5.41, 5.74) is 0.370. The van der Waals surface area contributed by atoms with E-state index >= 15 is 0 Å². The van der Waals surface area contributed by atoms with Gasteiger partial charge < -0.3 is 10.4 Å². The van der Waals surface area contributed by atoms with Crippen molar-refractivity contribution in [1.29, 1.82) is 0 Å². The number of nitrogens with one attached hydrogen (secondary N) is 1. The molecule has 1 heterocycles. The highest BCUT2D eigenvalue weighted by Gasteiger charge is 2.21. The number of aliphatic hydroxyl groups is 1. The molecule has 1 atom stereocenters. The summed E-state index contributed by atoms with van der Waals surface area (Å²) >= 11 is 0. The molecule has 0 aliphatic carbocycles. The summed E-state index contributed by atoms with van der Waals surface area (Å²) in [5.74, 6) is -0.989. The molecule has 2 N–H and O–H groups in total. The molecule has 1 aromatic heterocycles. The molecular weight excluding hydrogens is 299 g/mol. The third-order valence-electron chi connectivity index (χ3n) is 3.29. The van der Waals surface area contributed by atoms with Crippen molar-refractivity contribution in [2.75, 3.05) is 6.61 Å². The Morgan fingerprint density at radius 1 is 1.43 bits per heavy atom. The number of hydrogen-bond donors (Lipinski definition) is 2. The molecule has 2 rings (SSSR count). The van der Waals surface area contributed by atoms with Gasteiger partial charge in [-0.05, 0) is 30.0 Å². The molecule has 1 amide bonds. The molecule has 0 spiro atoms. The van der Waals surface area contributed by atoms with Gasteiger partial charge in [0.25, 0.3) is 5.91 Å². The average molecular weight is 320 g/mol. The van der Waals surface area contributed by atoms with E-state index < -0.39 is 11.7 Å². The normalized spacial score (nSPS) is 12.9. The van der Waals surface area contributed by atoms with Crippen LogP contribution >= 0.6 is 0 Å². The van der Waals surface area contributed by atoms with Crippen LogP contribution in [0.1, 0.15) is 37.6 Å². The fourth-order valence-corrected chi connectivity index (χ4v) is 2.34. The molecule has 0 aliphatic rings. The maximum atomic E-state index is 14.1. The van der Waals surface area contributed by atoms with Crippen molar-refractivity contribution in [1.82, 2.24) is 20.1 Å². The van der Waals surface area contributed by atoms with Gasteiger partial charge in [-0.2, -0.15) is 5.10 Å². The molecule has 124 valence electrons. The highest BCUT2D eigenvalue weighted by molar-refractivity contribution is 5.94. The third-order valence-corrected chi connectivity index (χ3v) is 3.29. The molecule has 1 aromatic carbocycles. The van der Waals surface area contributed by atoms with Gasteiger partial charge in [0.05, 0.1) is 12.6 Å². The Kier molecular flexibility index (Phi) is 5.10. The zero-order valence-electron chi connectivity index (χ0n) is 13.5. The number of carbonyl (C=O) groups excluding carboxylic acids is 1. The maximum absolute atomic E-state index is 14.1. The van der Waals surface area contributed by atoms with E-state index in [4.69, 9.17) is 0 Å². The van der Waals surface area contributed by atoms with Crippen LogP contribution in [0.15, 0.2) is 30.9 Å². The first-order valence-corrected chi connectivity index (χ1v) is 7.36. The topological polar surface area (TPSA) is 80.0 Å². The zero-order valence-corrected chi connectivity index (χ0v) is 13.5. The molecule has 1 unspecified atom stereocenters. The van der Waals surface area contributed by atoms with Crippen LogP contribution in [0.4, 0.5) is 4.39 Å². The van der Waals surface area contributed by atoms with Crippen LogP contribution in [0, 0.1) is 11.2 Å². The van der Waals surface area contributed by atoms with Crippen molar-refractivity contribution in [3.63, 3.8) is 0 Å². The number of carbonyl (C=O) groups is 1. The molecule has 23 heavy (non-hydrogen) atoms. The van der Waals surface area contributed by atoms with Crippen molar-refractivity contribution in [2.45, 2.75) is 33.2 Å². The van der Waals surface area contributed by atoms with Crippen molar-refractivity contribution in [3.8, 4) is 5.69 Å². The Hall–Kier alpha value is -2.28. The summed E-state index contributed by atoms with van der Waals surface area (Å²) in [6, 6.07) is 3.76. The van der Waals surface area contributed by atoms with E-state index in [1.54, 1.807) is 0 Å². The smallest absolute Gasteiger partial charge is 0.251 e. The van der Waals surface area contributed by atoms with Crippen LogP contribution in [0.3, 0.4) is 0 Å². The minimum absolute atomic E-state index is 0.0388. The highest BCUT2D eigenvalue weighted by Crippen LogP contribution is 2.21. The van der Waals surface area contributed by atoms with Gasteiger partial charge >= 0.3 is 0 Å². The SMILES string of the molecule is CC(C)(C)CC(CO)NC(=O)c1ccc(-n2cncn2)c(F)c1. The number of benzene rings is 1. The zero-order chi connectivity index (χ0) is 17.0. The first-order valence-electron chi connectivity index (χ1n) is 7.36. The summed E-state index contributed by atoms with van der Waals surface area (Å²) in [6.07, 6.45) is 3.30. The van der Waals surface area contributed by atoms with Crippen molar-refractivity contribution in [3.05, 3.63) is 42.2 Å². The lowest BCUT2D eigenvalue weighted by atomic mass is 9.88. The second-order valence-electron chi connectivity index (χ2n) is 6.62. The Labute approximate surface area is 134 Å². The van der Waals surface area contributed by atoms with E-state index in [9.17, 15) is 14.3 Å². The average Bonchev–Trinajstić information content (AvgIpc) is 2.98. The van der Waals surface area contributed by atoms with Gasteiger partial charge in [0.15, 0.2) is 0 Å². The summed E-state index contributed by atoms with van der Waals surface area (Å²) < 4.78 is 15.4. The highest BCUT2D eigenvalue weighted by atomic mass is 19.1. The summed E-state index contributed by atoms with van der Waals surface area (Å²) in [5, 5.41) is 16.0. The van der Waals surface area contributed by atoms with Crippen molar-refractivity contribution < 1.29 is 14.3 Å². The second kappa shape index (κ2) is 6.87. The number of halogens is 1. The van der Waals surface area contributed by atoms with Crippen LogP contribution in [-0.4, -0.2) is 38.4 Å². The Bertz CT molecular complexity index is 665. The first-order chi connectivity index (χ1) is 10.8. The first kappa shape index (κ1) is 17.1. The lowest BCUT2D eigenvalue weighted by Gasteiger charge is -2.25. The Morgan fingerprint density at radius 3 is 2.70 bits per heavy atom. The monoisotopic (exact) mass is 320 g/mol. The van der Waals surface area contributed by atoms with Crippen molar-refractivity contribution >= 4 is 5.91 Å². The van der Waals surface area contributed by atoms with E-state index in [1.807, 2.05) is 20.8 Å². The van der Waals surface area contributed by atoms with E-state index in [0.717, 1.165) is 6.07 Å². The van der Waals surface area contributed by atoms with Crippen LogP contribution < -0.4 is 5.32 Å². The van der Waals surface area contributed by atoms with E-state index in [-0.39, 0.29) is 29.3 Å². The van der Waals surface area contributed by atoms with Crippen LogP contribution in [0.5, 0.6) is 0 Å². The number of rotatable bonds is 5. The number of aliphatic hydroxyl groups excluding tert-OH is 1. The molecule has 0 radical (unpaired) electrons. The fraction of sp³-hybridized carbons (Fsp3) is 0.438. The Balaban J connectivity index is 2.12. The summed E-state index contributed by atoms with van der Waals surface area (Å²) in [4.78, 5) is 16.0. The van der Waals surface area contributed by atoms with Gasteiger partial charge in [-0.25, -0.2) is 14.1 Å². The third kappa shape index (κ3) is 4.59. The molecule has 0 fully saturated rings. The predicted molar refractivity (Wildman–Crippen MR) is 83.7 cm³/mol. The number of nitrogens with zero attached hydrogens (tertiary/aromatic N) is 3. The van der Waals surface area contributed by atoms with Crippen LogP contribution in [0.2, 0.25) is 0 Å². The Morgan fingerprint density at radius 2 is 2.17 bits per heavy atom. The maximum Gasteiger partial charge on any atom is 0.251 e. The van der Waals surface area contributed by atoms with Gasteiger partial charge in [-0.15, -0.1) is 0 Å². The van der Waals surface area contributed by atoms with Crippen LogP contribution in [0.25, 0.3) is 5.69 Å². The molecule has 0 aliphatic heterocycles. The molecule has 0 saturated carbocycles. The minimum atomic E-state index is -0.570. The van der Waals surface area contributed by atoms with Gasteiger partial charge in [-0.3, -0.25) is 4.79 Å². The molecular formula is C16H21FN4O2. The second-order valence-corrected chi connectivity index (χ2v) is 6.62.